The van der Waals surface area contributed by atoms with Crippen LogP contribution in [-0.4, -0.2) is 43.0 Å². The van der Waals surface area contributed by atoms with Crippen LogP contribution in [0.1, 0.15) is 31.7 Å². The molecule has 2 aromatic rings. The lowest BCUT2D eigenvalue weighted by Gasteiger charge is -2.35. The first-order valence-corrected chi connectivity index (χ1v) is 10.8. The fourth-order valence-corrected chi connectivity index (χ4v) is 3.93. The molecule has 0 aliphatic carbocycles. The molecule has 1 fully saturated rings. The first-order valence-electron chi connectivity index (χ1n) is 10.8. The highest BCUT2D eigenvalue weighted by Gasteiger charge is 2.31. The van der Waals surface area contributed by atoms with Crippen LogP contribution in [-0.2, 0) is 16.0 Å². The van der Waals surface area contributed by atoms with Crippen LogP contribution in [0.25, 0.3) is 0 Å². The number of carbonyl (C=O) groups excluding carboxylic acids is 2. The van der Waals surface area contributed by atoms with Crippen molar-refractivity contribution >= 4 is 17.5 Å². The maximum absolute atomic E-state index is 13.4. The fourth-order valence-electron chi connectivity index (χ4n) is 3.93. The van der Waals surface area contributed by atoms with E-state index in [1.807, 2.05) is 61.5 Å². The summed E-state index contributed by atoms with van der Waals surface area (Å²) in [5.41, 5.74) is 1.72. The summed E-state index contributed by atoms with van der Waals surface area (Å²) in [4.78, 5) is 29.7. The summed E-state index contributed by atoms with van der Waals surface area (Å²) < 4.78 is 5.49. The number of likely N-dealkylation sites (tertiary alicyclic amines) is 1. The molecule has 0 N–H and O–H groups in total. The summed E-state index contributed by atoms with van der Waals surface area (Å²) in [6, 6.07) is 19.2. The number of nitrogens with zero attached hydrogens (tertiary/aromatic N) is 3. The molecule has 1 heterocycles. The number of carbonyl (C=O) groups is 2. The van der Waals surface area contributed by atoms with Crippen LogP contribution in [0, 0.1) is 17.2 Å². The van der Waals surface area contributed by atoms with Crippen LogP contribution in [0.15, 0.2) is 54.6 Å². The maximum Gasteiger partial charge on any atom is 0.231 e. The number of benzene rings is 2. The van der Waals surface area contributed by atoms with Crippen LogP contribution in [0.5, 0.6) is 5.75 Å². The van der Waals surface area contributed by atoms with Crippen molar-refractivity contribution in [3.8, 4) is 11.8 Å². The van der Waals surface area contributed by atoms with Crippen LogP contribution >= 0.6 is 0 Å². The van der Waals surface area contributed by atoms with E-state index < -0.39 is 0 Å². The largest absolute Gasteiger partial charge is 0.494 e. The maximum atomic E-state index is 13.4. The van der Waals surface area contributed by atoms with Crippen molar-refractivity contribution in [2.24, 2.45) is 5.92 Å². The molecule has 31 heavy (non-hydrogen) atoms. The summed E-state index contributed by atoms with van der Waals surface area (Å²) in [7, 11) is 0. The van der Waals surface area contributed by atoms with Crippen LogP contribution < -0.4 is 9.64 Å². The molecule has 1 aliphatic rings. The van der Waals surface area contributed by atoms with E-state index in [9.17, 15) is 9.59 Å². The molecule has 0 spiro atoms. The summed E-state index contributed by atoms with van der Waals surface area (Å²) in [5.74, 6) is 0.498. The Balaban J connectivity index is 1.69. The number of anilines is 1. The van der Waals surface area contributed by atoms with Crippen LogP contribution in [0.3, 0.4) is 0 Å². The molecular formula is C25H29N3O3. The Kier molecular flexibility index (Phi) is 8.05. The Labute approximate surface area is 184 Å². The lowest BCUT2D eigenvalue weighted by atomic mass is 9.95. The van der Waals surface area contributed by atoms with Gasteiger partial charge in [0, 0.05) is 25.3 Å². The third-order valence-corrected chi connectivity index (χ3v) is 5.49. The highest BCUT2D eigenvalue weighted by atomic mass is 16.5. The van der Waals surface area contributed by atoms with E-state index in [0.29, 0.717) is 32.7 Å². The number of hydrogen-bond acceptors (Lipinski definition) is 4. The van der Waals surface area contributed by atoms with E-state index >= 15 is 0 Å². The van der Waals surface area contributed by atoms with Gasteiger partial charge in [-0.2, -0.15) is 5.26 Å². The quantitative estimate of drug-likeness (QED) is 0.652. The van der Waals surface area contributed by atoms with Gasteiger partial charge in [0.15, 0.2) is 0 Å². The topological polar surface area (TPSA) is 73.6 Å². The van der Waals surface area contributed by atoms with Crippen molar-refractivity contribution in [1.82, 2.24) is 4.90 Å². The van der Waals surface area contributed by atoms with Crippen molar-refractivity contribution in [1.29, 1.82) is 5.26 Å². The van der Waals surface area contributed by atoms with Crippen molar-refractivity contribution < 1.29 is 14.3 Å². The van der Waals surface area contributed by atoms with E-state index in [1.165, 1.54) is 0 Å². The van der Waals surface area contributed by atoms with Crippen molar-refractivity contribution in [3.63, 3.8) is 0 Å². The number of rotatable bonds is 8. The zero-order chi connectivity index (χ0) is 22.1. The predicted octanol–water partition coefficient (Wildman–Crippen LogP) is 3.81. The van der Waals surface area contributed by atoms with E-state index in [1.54, 1.807) is 9.80 Å². The second-order valence-corrected chi connectivity index (χ2v) is 7.67. The van der Waals surface area contributed by atoms with Crippen molar-refractivity contribution in [2.75, 3.05) is 31.1 Å². The van der Waals surface area contributed by atoms with Crippen molar-refractivity contribution in [2.45, 2.75) is 32.6 Å². The molecule has 0 aromatic heterocycles. The number of amides is 2. The average molecular weight is 420 g/mol. The minimum atomic E-state index is -0.265. The van der Waals surface area contributed by atoms with Gasteiger partial charge in [0.25, 0.3) is 0 Å². The van der Waals surface area contributed by atoms with Gasteiger partial charge in [-0.25, -0.2) is 0 Å². The molecule has 162 valence electrons. The monoisotopic (exact) mass is 419 g/mol. The molecule has 0 radical (unpaired) electrons. The SMILES string of the molecule is CCOc1ccc(N(CCC#N)C(=O)C2CCCN(C(=O)Cc3ccccc3)C2)cc1. The molecule has 2 amide bonds. The van der Waals surface area contributed by atoms with Gasteiger partial charge >= 0.3 is 0 Å². The second-order valence-electron chi connectivity index (χ2n) is 7.67. The van der Waals surface area contributed by atoms with Crippen molar-refractivity contribution in [3.05, 3.63) is 60.2 Å². The molecule has 1 atom stereocenters. The van der Waals surface area contributed by atoms with E-state index in [0.717, 1.165) is 29.8 Å². The van der Waals surface area contributed by atoms with Gasteiger partial charge in [-0.1, -0.05) is 30.3 Å². The molecule has 0 bridgehead atoms. The van der Waals surface area contributed by atoms with Crippen LogP contribution in [0.2, 0.25) is 0 Å². The third kappa shape index (κ3) is 6.08. The predicted molar refractivity (Wildman–Crippen MR) is 120 cm³/mol. The Morgan fingerprint density at radius 1 is 1.16 bits per heavy atom. The average Bonchev–Trinajstić information content (AvgIpc) is 2.81. The molecule has 0 saturated carbocycles. The zero-order valence-corrected chi connectivity index (χ0v) is 18.0. The smallest absolute Gasteiger partial charge is 0.231 e. The molecule has 1 aliphatic heterocycles. The Hall–Kier alpha value is -3.33. The van der Waals surface area contributed by atoms with E-state index in [2.05, 4.69) is 6.07 Å². The number of hydrogen-bond donors (Lipinski definition) is 0. The molecular weight excluding hydrogens is 390 g/mol. The van der Waals surface area contributed by atoms with E-state index in [-0.39, 0.29) is 24.2 Å². The zero-order valence-electron chi connectivity index (χ0n) is 18.0. The molecule has 3 rings (SSSR count). The fraction of sp³-hybridized carbons (Fsp3) is 0.400. The van der Waals surface area contributed by atoms with Gasteiger partial charge in [-0.15, -0.1) is 0 Å². The molecule has 1 saturated heterocycles. The third-order valence-electron chi connectivity index (χ3n) is 5.49. The molecule has 6 nitrogen and oxygen atoms in total. The summed E-state index contributed by atoms with van der Waals surface area (Å²) in [6.07, 6.45) is 2.14. The first-order chi connectivity index (χ1) is 15.1. The lowest BCUT2D eigenvalue weighted by molar-refractivity contribution is -0.134. The van der Waals surface area contributed by atoms with Gasteiger partial charge in [-0.05, 0) is 49.6 Å². The highest BCUT2D eigenvalue weighted by molar-refractivity contribution is 5.95. The van der Waals surface area contributed by atoms with Gasteiger partial charge in [-0.3, -0.25) is 9.59 Å². The lowest BCUT2D eigenvalue weighted by Crippen LogP contribution is -2.47. The molecule has 6 heteroatoms. The number of ether oxygens (including phenoxy) is 1. The Bertz CT molecular complexity index is 906. The second kappa shape index (κ2) is 11.2. The highest BCUT2D eigenvalue weighted by Crippen LogP contribution is 2.25. The number of piperidine rings is 1. The molecule has 2 aromatic carbocycles. The first kappa shape index (κ1) is 22.4. The minimum Gasteiger partial charge on any atom is -0.494 e. The van der Waals surface area contributed by atoms with Gasteiger partial charge in [0.05, 0.1) is 31.4 Å². The summed E-state index contributed by atoms with van der Waals surface area (Å²) in [5, 5.41) is 9.06. The summed E-state index contributed by atoms with van der Waals surface area (Å²) >= 11 is 0. The van der Waals surface area contributed by atoms with Crippen LogP contribution in [0.4, 0.5) is 5.69 Å². The Morgan fingerprint density at radius 2 is 1.90 bits per heavy atom. The van der Waals surface area contributed by atoms with Gasteiger partial charge < -0.3 is 14.5 Å². The normalized spacial score (nSPS) is 15.7. The standard InChI is InChI=1S/C25H29N3O3/c1-2-31-23-13-11-22(12-14-23)28(17-7-15-26)25(30)21-10-6-16-27(19-21)24(29)18-20-8-4-3-5-9-20/h3-5,8-9,11-14,21H,2,6-7,10,16-19H2,1H3. The van der Waals surface area contributed by atoms with Gasteiger partial charge in [0.1, 0.15) is 5.75 Å². The molecule has 1 unspecified atom stereocenters. The number of nitriles is 1. The Morgan fingerprint density at radius 3 is 2.58 bits per heavy atom. The minimum absolute atomic E-state index is 0.0309. The van der Waals surface area contributed by atoms with E-state index in [4.69, 9.17) is 10.00 Å². The summed E-state index contributed by atoms with van der Waals surface area (Å²) in [6.45, 7) is 3.93. The van der Waals surface area contributed by atoms with Gasteiger partial charge in [0.2, 0.25) is 11.8 Å².